The lowest BCUT2D eigenvalue weighted by molar-refractivity contribution is -0.115. The van der Waals surface area contributed by atoms with Gasteiger partial charge in [-0.1, -0.05) is 12.1 Å². The second-order valence-electron chi connectivity index (χ2n) is 6.06. The van der Waals surface area contributed by atoms with E-state index in [-0.39, 0.29) is 11.4 Å². The summed E-state index contributed by atoms with van der Waals surface area (Å²) in [7, 11) is 0. The van der Waals surface area contributed by atoms with Crippen LogP contribution < -0.4 is 10.6 Å². The Labute approximate surface area is 157 Å². The fourth-order valence-corrected chi connectivity index (χ4v) is 3.98. The molecule has 1 amide bonds. The molecule has 0 bridgehead atoms. The number of hydrogen-bond donors (Lipinski definition) is 2. The molecule has 0 spiro atoms. The molecule has 3 aromatic rings. The maximum Gasteiger partial charge on any atom is 0.405 e. The van der Waals surface area contributed by atoms with Gasteiger partial charge < -0.3 is 10.6 Å². The predicted octanol–water partition coefficient (Wildman–Crippen LogP) is 4.84. The summed E-state index contributed by atoms with van der Waals surface area (Å²) in [6.07, 6.45) is -4.35. The number of carbonyl (C=O) groups is 1. The minimum Gasteiger partial charge on any atom is -0.375 e. The molecular formula is C18H17F3N4OS. The summed E-state index contributed by atoms with van der Waals surface area (Å²) in [5, 5.41) is 5.83. The van der Waals surface area contributed by atoms with E-state index < -0.39 is 18.6 Å². The molecule has 142 valence electrons. The number of thiophene rings is 1. The first-order valence-electron chi connectivity index (χ1n) is 8.11. The van der Waals surface area contributed by atoms with Crippen LogP contribution in [-0.4, -0.2) is 28.6 Å². The number of anilines is 2. The highest BCUT2D eigenvalue weighted by Gasteiger charge is 2.27. The first-order valence-corrected chi connectivity index (χ1v) is 8.92. The average molecular weight is 394 g/mol. The molecular weight excluding hydrogens is 377 g/mol. The highest BCUT2D eigenvalue weighted by atomic mass is 32.1. The van der Waals surface area contributed by atoms with Gasteiger partial charge in [0.05, 0.1) is 16.3 Å². The van der Waals surface area contributed by atoms with E-state index >= 15 is 0 Å². The van der Waals surface area contributed by atoms with E-state index in [1.807, 2.05) is 13.8 Å². The van der Waals surface area contributed by atoms with Gasteiger partial charge in [-0.3, -0.25) is 4.79 Å². The van der Waals surface area contributed by atoms with Gasteiger partial charge in [0.25, 0.3) is 5.91 Å². The van der Waals surface area contributed by atoms with Crippen LogP contribution in [0.5, 0.6) is 0 Å². The van der Waals surface area contributed by atoms with Crippen molar-refractivity contribution in [1.29, 1.82) is 0 Å². The molecule has 2 heterocycles. The largest absolute Gasteiger partial charge is 0.405 e. The van der Waals surface area contributed by atoms with E-state index in [0.29, 0.717) is 15.5 Å². The fourth-order valence-electron chi connectivity index (χ4n) is 2.81. The number of halogens is 3. The molecule has 0 aliphatic rings. The van der Waals surface area contributed by atoms with Crippen molar-refractivity contribution in [2.24, 2.45) is 0 Å². The van der Waals surface area contributed by atoms with Crippen LogP contribution in [0.2, 0.25) is 0 Å². The number of nitrogens with one attached hydrogen (secondary N) is 2. The third kappa shape index (κ3) is 4.19. The summed E-state index contributed by atoms with van der Waals surface area (Å²) in [5.41, 5.74) is 2.03. The predicted molar refractivity (Wildman–Crippen MR) is 101 cm³/mol. The Bertz CT molecular complexity index is 1010. The molecule has 1 aromatic carbocycles. The van der Waals surface area contributed by atoms with Gasteiger partial charge in [0.2, 0.25) is 0 Å². The highest BCUT2D eigenvalue weighted by Crippen LogP contribution is 2.32. The van der Waals surface area contributed by atoms with Crippen LogP contribution in [0.3, 0.4) is 0 Å². The standard InChI is InChI=1S/C18H17F3N4OS/c1-9-14-10(2)23-11(3)24-17(14)27-15(9)16(26)25-13-7-5-4-6-12(13)22-8-18(19,20)21/h4-7,22H,8H2,1-3H3,(H,25,26). The molecule has 0 radical (unpaired) electrons. The van der Waals surface area contributed by atoms with Crippen molar-refractivity contribution in [3.05, 3.63) is 46.2 Å². The first-order chi connectivity index (χ1) is 12.7. The van der Waals surface area contributed by atoms with Crippen LogP contribution in [0, 0.1) is 20.8 Å². The fraction of sp³-hybridized carbons (Fsp3) is 0.278. The van der Waals surface area contributed by atoms with Crippen molar-refractivity contribution < 1.29 is 18.0 Å². The number of aromatic nitrogens is 2. The van der Waals surface area contributed by atoms with Crippen LogP contribution in [0.4, 0.5) is 24.5 Å². The summed E-state index contributed by atoms with van der Waals surface area (Å²) >= 11 is 1.24. The van der Waals surface area contributed by atoms with Gasteiger partial charge in [0.1, 0.15) is 17.2 Å². The molecule has 0 fully saturated rings. The monoisotopic (exact) mass is 394 g/mol. The molecule has 0 aliphatic heterocycles. The summed E-state index contributed by atoms with van der Waals surface area (Å²) in [5.74, 6) is 0.226. The molecule has 27 heavy (non-hydrogen) atoms. The third-order valence-electron chi connectivity index (χ3n) is 3.94. The zero-order chi connectivity index (χ0) is 19.8. The van der Waals surface area contributed by atoms with E-state index in [4.69, 9.17) is 0 Å². The molecule has 0 unspecified atom stereocenters. The third-order valence-corrected chi connectivity index (χ3v) is 5.13. The van der Waals surface area contributed by atoms with Crippen LogP contribution in [0.25, 0.3) is 10.2 Å². The van der Waals surface area contributed by atoms with Crippen LogP contribution >= 0.6 is 11.3 Å². The molecule has 3 rings (SSSR count). The van der Waals surface area contributed by atoms with E-state index in [0.717, 1.165) is 16.6 Å². The lowest BCUT2D eigenvalue weighted by Crippen LogP contribution is -2.22. The van der Waals surface area contributed by atoms with E-state index in [2.05, 4.69) is 20.6 Å². The van der Waals surface area contributed by atoms with E-state index in [9.17, 15) is 18.0 Å². The normalized spacial score (nSPS) is 11.6. The summed E-state index contributed by atoms with van der Waals surface area (Å²) in [6.45, 7) is 4.27. The van der Waals surface area contributed by atoms with Crippen molar-refractivity contribution in [2.45, 2.75) is 26.9 Å². The summed E-state index contributed by atoms with van der Waals surface area (Å²) in [6, 6.07) is 6.28. The van der Waals surface area contributed by atoms with Crippen LogP contribution in [-0.2, 0) is 0 Å². The molecule has 2 aromatic heterocycles. The summed E-state index contributed by atoms with van der Waals surface area (Å²) < 4.78 is 37.4. The van der Waals surface area contributed by atoms with Gasteiger partial charge in [-0.25, -0.2) is 9.97 Å². The van der Waals surface area contributed by atoms with Crippen molar-refractivity contribution in [3.63, 3.8) is 0 Å². The number of alkyl halides is 3. The number of carbonyl (C=O) groups excluding carboxylic acids is 1. The topological polar surface area (TPSA) is 66.9 Å². The maximum absolute atomic E-state index is 12.8. The number of nitrogens with zero attached hydrogens (tertiary/aromatic N) is 2. The van der Waals surface area contributed by atoms with E-state index in [1.54, 1.807) is 25.1 Å². The highest BCUT2D eigenvalue weighted by molar-refractivity contribution is 7.20. The Kier molecular flexibility index (Phi) is 5.05. The number of amides is 1. The van der Waals surface area contributed by atoms with Gasteiger partial charge in [0, 0.05) is 11.1 Å². The van der Waals surface area contributed by atoms with Crippen LogP contribution in [0.1, 0.15) is 26.8 Å². The second kappa shape index (κ2) is 7.15. The lowest BCUT2D eigenvalue weighted by atomic mass is 10.1. The number of aryl methyl sites for hydroxylation is 3. The van der Waals surface area contributed by atoms with Crippen LogP contribution in [0.15, 0.2) is 24.3 Å². The maximum atomic E-state index is 12.8. The molecule has 0 atom stereocenters. The zero-order valence-corrected chi connectivity index (χ0v) is 15.7. The Morgan fingerprint density at radius 2 is 1.78 bits per heavy atom. The molecule has 9 heteroatoms. The second-order valence-corrected chi connectivity index (χ2v) is 7.06. The summed E-state index contributed by atoms with van der Waals surface area (Å²) in [4.78, 5) is 22.6. The minimum absolute atomic E-state index is 0.203. The van der Waals surface area contributed by atoms with Gasteiger partial charge in [-0.15, -0.1) is 11.3 Å². The smallest absolute Gasteiger partial charge is 0.375 e. The first kappa shape index (κ1) is 19.1. The molecule has 5 nitrogen and oxygen atoms in total. The lowest BCUT2D eigenvalue weighted by Gasteiger charge is -2.14. The average Bonchev–Trinajstić information content (AvgIpc) is 2.90. The van der Waals surface area contributed by atoms with E-state index in [1.165, 1.54) is 17.4 Å². The zero-order valence-electron chi connectivity index (χ0n) is 14.9. The number of hydrogen-bond acceptors (Lipinski definition) is 5. The molecule has 2 N–H and O–H groups in total. The van der Waals surface area contributed by atoms with Crippen molar-refractivity contribution in [3.8, 4) is 0 Å². The Balaban J connectivity index is 1.90. The van der Waals surface area contributed by atoms with Gasteiger partial charge in [-0.2, -0.15) is 13.2 Å². The quantitative estimate of drug-likeness (QED) is 0.664. The van der Waals surface area contributed by atoms with Gasteiger partial charge in [-0.05, 0) is 38.5 Å². The van der Waals surface area contributed by atoms with Crippen molar-refractivity contribution >= 4 is 38.8 Å². The Morgan fingerprint density at radius 1 is 1.11 bits per heavy atom. The number of para-hydroxylation sites is 2. The minimum atomic E-state index is -4.35. The molecule has 0 saturated carbocycles. The molecule has 0 aliphatic carbocycles. The SMILES string of the molecule is Cc1nc(C)c2c(C)c(C(=O)Nc3ccccc3NCC(F)(F)F)sc2n1. The number of benzene rings is 1. The van der Waals surface area contributed by atoms with Gasteiger partial charge >= 0.3 is 6.18 Å². The van der Waals surface area contributed by atoms with Gasteiger partial charge in [0.15, 0.2) is 0 Å². The Hall–Kier alpha value is -2.68. The number of fused-ring (bicyclic) bond motifs is 1. The van der Waals surface area contributed by atoms with Crippen molar-refractivity contribution in [1.82, 2.24) is 9.97 Å². The molecule has 0 saturated heterocycles. The Morgan fingerprint density at radius 3 is 2.44 bits per heavy atom. The van der Waals surface area contributed by atoms with Crippen molar-refractivity contribution in [2.75, 3.05) is 17.2 Å². The number of rotatable bonds is 4.